The van der Waals surface area contributed by atoms with E-state index in [2.05, 4.69) is 10.3 Å². The highest BCUT2D eigenvalue weighted by Gasteiger charge is 2.14. The van der Waals surface area contributed by atoms with Gasteiger partial charge in [0.25, 0.3) is 0 Å². The maximum absolute atomic E-state index is 11.4. The van der Waals surface area contributed by atoms with Gasteiger partial charge in [0.1, 0.15) is 17.2 Å². The molecule has 3 aromatic rings. The minimum absolute atomic E-state index is 0.387. The van der Waals surface area contributed by atoms with Crippen molar-refractivity contribution in [2.75, 3.05) is 7.11 Å². The summed E-state index contributed by atoms with van der Waals surface area (Å²) in [4.78, 5) is 11.4. The van der Waals surface area contributed by atoms with Crippen LogP contribution in [0, 0.1) is 6.92 Å². The monoisotopic (exact) mass is 323 g/mol. The van der Waals surface area contributed by atoms with Crippen molar-refractivity contribution in [3.8, 4) is 28.4 Å². The number of carbonyl (C=O) groups excluding carboxylic acids is 1. The average Bonchev–Trinajstić information content (AvgIpc) is 3.04. The third kappa shape index (κ3) is 3.27. The molecule has 0 saturated carbocycles. The third-order valence-corrected chi connectivity index (χ3v) is 3.51. The first kappa shape index (κ1) is 15.7. The molecule has 6 heteroatoms. The molecule has 24 heavy (non-hydrogen) atoms. The second-order valence-electron chi connectivity index (χ2n) is 5.34. The first-order valence-electron chi connectivity index (χ1n) is 7.43. The summed E-state index contributed by atoms with van der Waals surface area (Å²) in [6.45, 7) is 3.38. The zero-order chi connectivity index (χ0) is 17.1. The molecule has 3 rings (SSSR count). The maximum atomic E-state index is 11.4. The fourth-order valence-electron chi connectivity index (χ4n) is 2.29. The van der Waals surface area contributed by atoms with Gasteiger partial charge in [-0.1, -0.05) is 22.9 Å². The fraction of sp³-hybridized carbons (Fsp3) is 0.167. The van der Waals surface area contributed by atoms with Crippen molar-refractivity contribution in [2.45, 2.75) is 13.8 Å². The predicted molar refractivity (Wildman–Crippen MR) is 89.4 cm³/mol. The number of nitrogens with zero attached hydrogens (tertiary/aromatic N) is 3. The van der Waals surface area contributed by atoms with Crippen LogP contribution in [0.3, 0.4) is 0 Å². The van der Waals surface area contributed by atoms with E-state index in [0.717, 1.165) is 5.69 Å². The molecule has 0 spiro atoms. The van der Waals surface area contributed by atoms with Crippen molar-refractivity contribution in [1.82, 2.24) is 15.0 Å². The smallest absolute Gasteiger partial charge is 0.308 e. The molecule has 0 N–H and O–H groups in total. The lowest BCUT2D eigenvalue weighted by Crippen LogP contribution is -2.03. The first-order valence-corrected chi connectivity index (χ1v) is 7.43. The standard InChI is InChI=1S/C18H17N3O3/c1-12-4-6-14(7-5-12)21-11-17(19-20-21)16-9-8-15(23-3)10-18(16)24-13(2)22/h4-11H,1-3H3. The number of methoxy groups -OCH3 is 1. The van der Waals surface area contributed by atoms with Gasteiger partial charge in [0.2, 0.25) is 0 Å². The molecular weight excluding hydrogens is 306 g/mol. The Labute approximate surface area is 139 Å². The van der Waals surface area contributed by atoms with Crippen LogP contribution in [0.1, 0.15) is 12.5 Å². The quantitative estimate of drug-likeness (QED) is 0.545. The van der Waals surface area contributed by atoms with Crippen LogP contribution in [-0.2, 0) is 4.79 Å². The Bertz CT molecular complexity index is 869. The van der Waals surface area contributed by atoms with Crippen LogP contribution in [0.5, 0.6) is 11.5 Å². The van der Waals surface area contributed by atoms with Crippen LogP contribution in [0.15, 0.2) is 48.7 Å². The molecule has 0 atom stereocenters. The normalized spacial score (nSPS) is 10.5. The summed E-state index contributed by atoms with van der Waals surface area (Å²) in [5.74, 6) is 0.578. The second-order valence-corrected chi connectivity index (χ2v) is 5.34. The highest BCUT2D eigenvalue weighted by atomic mass is 16.5. The number of carbonyl (C=O) groups is 1. The Balaban J connectivity index is 2.00. The van der Waals surface area contributed by atoms with Gasteiger partial charge in [0.05, 0.1) is 19.0 Å². The van der Waals surface area contributed by atoms with Gasteiger partial charge >= 0.3 is 5.97 Å². The number of esters is 1. The largest absolute Gasteiger partial charge is 0.497 e. The molecule has 0 radical (unpaired) electrons. The predicted octanol–water partition coefficient (Wildman–Crippen LogP) is 3.18. The summed E-state index contributed by atoms with van der Waals surface area (Å²) in [5, 5.41) is 8.34. The van der Waals surface area contributed by atoms with Crippen LogP contribution in [0.2, 0.25) is 0 Å². The average molecular weight is 323 g/mol. The van der Waals surface area contributed by atoms with Gasteiger partial charge in [-0.3, -0.25) is 4.79 Å². The summed E-state index contributed by atoms with van der Waals surface area (Å²) in [5.41, 5.74) is 3.35. The Morgan fingerprint density at radius 3 is 2.54 bits per heavy atom. The molecule has 0 fully saturated rings. The highest BCUT2D eigenvalue weighted by molar-refractivity contribution is 5.75. The Morgan fingerprint density at radius 2 is 1.88 bits per heavy atom. The van der Waals surface area contributed by atoms with Gasteiger partial charge in [0, 0.05) is 18.6 Å². The van der Waals surface area contributed by atoms with E-state index < -0.39 is 5.97 Å². The summed E-state index contributed by atoms with van der Waals surface area (Å²) >= 11 is 0. The molecule has 1 aromatic heterocycles. The molecule has 0 aliphatic rings. The van der Waals surface area contributed by atoms with E-state index in [0.29, 0.717) is 22.8 Å². The zero-order valence-corrected chi connectivity index (χ0v) is 13.7. The molecule has 1 heterocycles. The lowest BCUT2D eigenvalue weighted by Gasteiger charge is -2.08. The Morgan fingerprint density at radius 1 is 1.12 bits per heavy atom. The molecule has 0 aliphatic heterocycles. The Kier molecular flexibility index (Phi) is 4.29. The molecule has 0 amide bonds. The minimum atomic E-state index is -0.407. The van der Waals surface area contributed by atoms with E-state index >= 15 is 0 Å². The van der Waals surface area contributed by atoms with Crippen LogP contribution in [-0.4, -0.2) is 28.1 Å². The number of rotatable bonds is 4. The van der Waals surface area contributed by atoms with Gasteiger partial charge in [-0.05, 0) is 31.2 Å². The van der Waals surface area contributed by atoms with Crippen molar-refractivity contribution in [3.05, 3.63) is 54.2 Å². The molecule has 0 bridgehead atoms. The van der Waals surface area contributed by atoms with E-state index in [1.54, 1.807) is 36.2 Å². The molecule has 6 nitrogen and oxygen atoms in total. The van der Waals surface area contributed by atoms with E-state index in [4.69, 9.17) is 9.47 Å². The molecule has 122 valence electrons. The van der Waals surface area contributed by atoms with Crippen molar-refractivity contribution in [1.29, 1.82) is 0 Å². The first-order chi connectivity index (χ1) is 11.6. The van der Waals surface area contributed by atoms with E-state index in [1.165, 1.54) is 12.5 Å². The van der Waals surface area contributed by atoms with Crippen LogP contribution in [0.25, 0.3) is 16.9 Å². The van der Waals surface area contributed by atoms with Crippen LogP contribution < -0.4 is 9.47 Å². The molecule has 0 aliphatic carbocycles. The number of ether oxygens (including phenoxy) is 2. The van der Waals surface area contributed by atoms with Crippen LogP contribution in [0.4, 0.5) is 0 Å². The van der Waals surface area contributed by atoms with Gasteiger partial charge in [-0.25, -0.2) is 4.68 Å². The number of benzene rings is 2. The fourth-order valence-corrected chi connectivity index (χ4v) is 2.29. The zero-order valence-electron chi connectivity index (χ0n) is 13.7. The SMILES string of the molecule is COc1ccc(-c2cn(-c3ccc(C)cc3)nn2)c(OC(C)=O)c1. The van der Waals surface area contributed by atoms with E-state index in [1.807, 2.05) is 31.2 Å². The number of aromatic nitrogens is 3. The van der Waals surface area contributed by atoms with Crippen molar-refractivity contribution < 1.29 is 14.3 Å². The number of aryl methyl sites for hydroxylation is 1. The molecule has 0 unspecified atom stereocenters. The van der Waals surface area contributed by atoms with Crippen molar-refractivity contribution >= 4 is 5.97 Å². The number of hydrogen-bond donors (Lipinski definition) is 0. The molecule has 2 aromatic carbocycles. The second kappa shape index (κ2) is 6.54. The number of hydrogen-bond acceptors (Lipinski definition) is 5. The lowest BCUT2D eigenvalue weighted by molar-refractivity contribution is -0.131. The summed E-state index contributed by atoms with van der Waals surface area (Å²) in [6, 6.07) is 13.2. The molecular formula is C18H17N3O3. The van der Waals surface area contributed by atoms with Gasteiger partial charge in [0.15, 0.2) is 0 Å². The minimum Gasteiger partial charge on any atom is -0.497 e. The molecule has 0 saturated heterocycles. The Hall–Kier alpha value is -3.15. The van der Waals surface area contributed by atoms with Gasteiger partial charge in [-0.15, -0.1) is 5.10 Å². The summed E-state index contributed by atoms with van der Waals surface area (Å²) in [6.07, 6.45) is 1.79. The lowest BCUT2D eigenvalue weighted by atomic mass is 10.1. The topological polar surface area (TPSA) is 66.2 Å². The highest BCUT2D eigenvalue weighted by Crippen LogP contribution is 2.32. The summed E-state index contributed by atoms with van der Waals surface area (Å²) < 4.78 is 12.1. The van der Waals surface area contributed by atoms with Crippen molar-refractivity contribution in [2.24, 2.45) is 0 Å². The maximum Gasteiger partial charge on any atom is 0.308 e. The summed E-state index contributed by atoms with van der Waals surface area (Å²) in [7, 11) is 1.56. The van der Waals surface area contributed by atoms with Crippen LogP contribution >= 0.6 is 0 Å². The van der Waals surface area contributed by atoms with E-state index in [9.17, 15) is 4.79 Å². The van der Waals surface area contributed by atoms with Gasteiger partial charge in [-0.2, -0.15) is 0 Å². The van der Waals surface area contributed by atoms with E-state index in [-0.39, 0.29) is 0 Å². The third-order valence-electron chi connectivity index (χ3n) is 3.51. The van der Waals surface area contributed by atoms with Gasteiger partial charge < -0.3 is 9.47 Å². The van der Waals surface area contributed by atoms with Crippen molar-refractivity contribution in [3.63, 3.8) is 0 Å².